The predicted octanol–water partition coefficient (Wildman–Crippen LogP) is 6.93. The van der Waals surface area contributed by atoms with E-state index in [1.165, 1.54) is 11.3 Å². The number of thiophene rings is 1. The monoisotopic (exact) mass is 461 g/mol. The number of carbonyl (C=O) groups excluding carboxylic acids is 1. The average Bonchev–Trinajstić information content (AvgIpc) is 3.36. The Bertz CT molecular complexity index is 1080. The van der Waals surface area contributed by atoms with Crippen LogP contribution in [-0.2, 0) is 6.54 Å². The third-order valence-corrected chi connectivity index (χ3v) is 6.32. The number of rotatable bonds is 5. The van der Waals surface area contributed by atoms with Crippen molar-refractivity contribution in [2.45, 2.75) is 6.54 Å². The molecule has 0 radical (unpaired) electrons. The molecule has 4 rings (SSSR count). The Balaban J connectivity index is 1.73. The van der Waals surface area contributed by atoms with Crippen LogP contribution in [0.1, 0.15) is 15.2 Å². The highest BCUT2D eigenvalue weighted by Crippen LogP contribution is 2.35. The van der Waals surface area contributed by atoms with Crippen LogP contribution in [0.25, 0.3) is 0 Å². The lowest BCUT2D eigenvalue weighted by Gasteiger charge is -2.23. The van der Waals surface area contributed by atoms with Gasteiger partial charge in [0.05, 0.1) is 11.6 Å². The Labute approximate surface area is 186 Å². The largest absolute Gasteiger partial charge is 0.276 e. The SMILES string of the molecule is O=C(c1scc(Cn2cccn2)c1Cl)N(c1ccc(Cl)cc1)c1ccc(Cl)cc1. The highest BCUT2D eigenvalue weighted by Gasteiger charge is 2.25. The summed E-state index contributed by atoms with van der Waals surface area (Å²) in [5, 5.41) is 7.70. The molecule has 0 atom stereocenters. The number of halogens is 3. The van der Waals surface area contributed by atoms with E-state index in [1.807, 2.05) is 17.6 Å². The van der Waals surface area contributed by atoms with Crippen LogP contribution in [0, 0.1) is 0 Å². The van der Waals surface area contributed by atoms with Gasteiger partial charge in [-0.15, -0.1) is 11.3 Å². The summed E-state index contributed by atoms with van der Waals surface area (Å²) < 4.78 is 1.76. The zero-order valence-corrected chi connectivity index (χ0v) is 18.0. The average molecular weight is 463 g/mol. The zero-order chi connectivity index (χ0) is 20.4. The van der Waals surface area contributed by atoms with Crippen LogP contribution in [0.4, 0.5) is 11.4 Å². The molecule has 2 aromatic carbocycles. The fourth-order valence-corrected chi connectivity index (χ4v) is 4.39. The normalized spacial score (nSPS) is 10.9. The Morgan fingerprint density at radius 2 is 1.55 bits per heavy atom. The van der Waals surface area contributed by atoms with E-state index in [1.54, 1.807) is 64.3 Å². The maximum atomic E-state index is 13.5. The molecular formula is C21H14Cl3N3OS. The number of aromatic nitrogens is 2. The van der Waals surface area contributed by atoms with Crippen molar-refractivity contribution in [3.8, 4) is 0 Å². The number of hydrogen-bond donors (Lipinski definition) is 0. The summed E-state index contributed by atoms with van der Waals surface area (Å²) in [4.78, 5) is 15.6. The predicted molar refractivity (Wildman–Crippen MR) is 120 cm³/mol. The third-order valence-electron chi connectivity index (χ3n) is 4.26. The molecule has 4 nitrogen and oxygen atoms in total. The van der Waals surface area contributed by atoms with Gasteiger partial charge in [0.25, 0.3) is 5.91 Å². The van der Waals surface area contributed by atoms with Crippen molar-refractivity contribution in [3.05, 3.63) is 97.9 Å². The minimum atomic E-state index is -0.226. The summed E-state index contributed by atoms with van der Waals surface area (Å²) in [6, 6.07) is 16.0. The quantitative estimate of drug-likeness (QED) is 0.322. The molecule has 0 aliphatic rings. The fraction of sp³-hybridized carbons (Fsp3) is 0.0476. The fourth-order valence-electron chi connectivity index (χ4n) is 2.86. The van der Waals surface area contributed by atoms with E-state index in [9.17, 15) is 4.79 Å². The Hall–Kier alpha value is -2.31. The number of hydrogen-bond acceptors (Lipinski definition) is 3. The van der Waals surface area contributed by atoms with E-state index in [-0.39, 0.29) is 5.91 Å². The third kappa shape index (κ3) is 4.33. The van der Waals surface area contributed by atoms with Gasteiger partial charge in [-0.2, -0.15) is 5.10 Å². The first-order chi connectivity index (χ1) is 14.0. The van der Waals surface area contributed by atoms with Crippen LogP contribution >= 0.6 is 46.1 Å². The molecule has 0 spiro atoms. The minimum absolute atomic E-state index is 0.226. The van der Waals surface area contributed by atoms with Crippen molar-refractivity contribution in [1.82, 2.24) is 9.78 Å². The molecule has 0 saturated heterocycles. The van der Waals surface area contributed by atoms with E-state index in [0.29, 0.717) is 37.9 Å². The van der Waals surface area contributed by atoms with Gasteiger partial charge < -0.3 is 0 Å². The lowest BCUT2D eigenvalue weighted by molar-refractivity contribution is 0.100. The number of carbonyl (C=O) groups is 1. The summed E-state index contributed by atoms with van der Waals surface area (Å²) >= 11 is 20.0. The van der Waals surface area contributed by atoms with Crippen molar-refractivity contribution in [2.24, 2.45) is 0 Å². The molecule has 0 fully saturated rings. The molecule has 0 aliphatic heterocycles. The van der Waals surface area contributed by atoms with Crippen molar-refractivity contribution >= 4 is 63.4 Å². The van der Waals surface area contributed by atoms with Crippen LogP contribution in [-0.4, -0.2) is 15.7 Å². The van der Waals surface area contributed by atoms with Gasteiger partial charge in [0.15, 0.2) is 0 Å². The molecule has 2 aromatic heterocycles. The Morgan fingerprint density at radius 1 is 0.966 bits per heavy atom. The van der Waals surface area contributed by atoms with Crippen LogP contribution < -0.4 is 4.90 Å². The van der Waals surface area contributed by atoms with E-state index in [2.05, 4.69) is 5.10 Å². The molecule has 0 aliphatic carbocycles. The maximum absolute atomic E-state index is 13.5. The molecule has 146 valence electrons. The summed E-state index contributed by atoms with van der Waals surface area (Å²) in [5.74, 6) is -0.226. The first kappa shape index (κ1) is 20.0. The second-order valence-corrected chi connectivity index (χ2v) is 8.33. The van der Waals surface area contributed by atoms with Crippen molar-refractivity contribution in [2.75, 3.05) is 4.90 Å². The van der Waals surface area contributed by atoms with Crippen molar-refractivity contribution < 1.29 is 4.79 Å². The van der Waals surface area contributed by atoms with Gasteiger partial charge in [-0.1, -0.05) is 34.8 Å². The van der Waals surface area contributed by atoms with Gasteiger partial charge in [-0.3, -0.25) is 14.4 Å². The van der Waals surface area contributed by atoms with Crippen LogP contribution in [0.3, 0.4) is 0 Å². The summed E-state index contributed by atoms with van der Waals surface area (Å²) in [6.07, 6.45) is 3.55. The second-order valence-electron chi connectivity index (χ2n) is 6.20. The standard InChI is InChI=1S/C21H14Cl3N3OS/c22-15-2-6-17(7-3-15)27(18-8-4-16(23)5-9-18)21(28)20-19(24)14(13-29-20)12-26-11-1-10-25-26/h1-11,13H,12H2. The molecule has 0 N–H and O–H groups in total. The van der Waals surface area contributed by atoms with E-state index >= 15 is 0 Å². The van der Waals surface area contributed by atoms with Gasteiger partial charge in [0.1, 0.15) is 4.88 Å². The van der Waals surface area contributed by atoms with Gasteiger partial charge >= 0.3 is 0 Å². The Kier molecular flexibility index (Phi) is 5.92. The molecule has 0 saturated carbocycles. The van der Waals surface area contributed by atoms with E-state index in [4.69, 9.17) is 34.8 Å². The molecule has 2 heterocycles. The van der Waals surface area contributed by atoms with Crippen LogP contribution in [0.2, 0.25) is 15.1 Å². The minimum Gasteiger partial charge on any atom is -0.276 e. The molecular weight excluding hydrogens is 449 g/mol. The van der Waals surface area contributed by atoms with Gasteiger partial charge in [0, 0.05) is 39.4 Å². The number of nitrogens with zero attached hydrogens (tertiary/aromatic N) is 3. The lowest BCUT2D eigenvalue weighted by atomic mass is 10.2. The topological polar surface area (TPSA) is 38.1 Å². The summed E-state index contributed by atoms with van der Waals surface area (Å²) in [6.45, 7) is 0.498. The first-order valence-electron chi connectivity index (χ1n) is 8.62. The number of anilines is 2. The zero-order valence-electron chi connectivity index (χ0n) is 14.9. The highest BCUT2D eigenvalue weighted by molar-refractivity contribution is 7.13. The van der Waals surface area contributed by atoms with Crippen molar-refractivity contribution in [1.29, 1.82) is 0 Å². The Morgan fingerprint density at radius 3 is 2.07 bits per heavy atom. The molecule has 0 unspecified atom stereocenters. The molecule has 29 heavy (non-hydrogen) atoms. The van der Waals surface area contributed by atoms with E-state index < -0.39 is 0 Å². The van der Waals surface area contributed by atoms with Gasteiger partial charge in [0.2, 0.25) is 0 Å². The van der Waals surface area contributed by atoms with Gasteiger partial charge in [-0.05, 0) is 60.0 Å². The second kappa shape index (κ2) is 8.59. The number of amides is 1. The molecule has 1 amide bonds. The molecule has 4 aromatic rings. The number of benzene rings is 2. The maximum Gasteiger partial charge on any atom is 0.274 e. The van der Waals surface area contributed by atoms with Crippen LogP contribution in [0.15, 0.2) is 72.4 Å². The molecule has 0 bridgehead atoms. The van der Waals surface area contributed by atoms with Crippen LogP contribution in [0.5, 0.6) is 0 Å². The molecule has 8 heteroatoms. The highest BCUT2D eigenvalue weighted by atomic mass is 35.5. The lowest BCUT2D eigenvalue weighted by Crippen LogP contribution is -2.25. The van der Waals surface area contributed by atoms with Gasteiger partial charge in [-0.25, -0.2) is 0 Å². The summed E-state index contributed by atoms with van der Waals surface area (Å²) in [5.41, 5.74) is 2.20. The van der Waals surface area contributed by atoms with E-state index in [0.717, 1.165) is 5.56 Å². The van der Waals surface area contributed by atoms with Crippen molar-refractivity contribution in [3.63, 3.8) is 0 Å². The smallest absolute Gasteiger partial charge is 0.274 e. The summed E-state index contributed by atoms with van der Waals surface area (Å²) in [7, 11) is 0. The first-order valence-corrected chi connectivity index (χ1v) is 10.6.